The predicted molar refractivity (Wildman–Crippen MR) is 137 cm³/mol. The molecule has 1 aliphatic carbocycles. The normalized spacial score (nSPS) is 20.9. The van der Waals surface area contributed by atoms with Gasteiger partial charge in [-0.2, -0.15) is 0 Å². The average Bonchev–Trinajstić information content (AvgIpc) is 2.74. The number of benzene rings is 1. The van der Waals surface area contributed by atoms with Gasteiger partial charge >= 0.3 is 0 Å². The van der Waals surface area contributed by atoms with Crippen LogP contribution in [0.4, 0.5) is 0 Å². The van der Waals surface area contributed by atoms with Crippen molar-refractivity contribution in [3.8, 4) is 0 Å². The lowest BCUT2D eigenvalue weighted by Crippen LogP contribution is -2.16. The fourth-order valence-electron chi connectivity index (χ4n) is 4.03. The molecule has 2 N–H and O–H groups in total. The zero-order chi connectivity index (χ0) is 21.0. The van der Waals surface area contributed by atoms with Crippen LogP contribution in [0.5, 0.6) is 0 Å². The number of aryl methyl sites for hydroxylation is 1. The molecule has 6 heteroatoms. The summed E-state index contributed by atoms with van der Waals surface area (Å²) >= 11 is 3.94. The highest BCUT2D eigenvalue weighted by molar-refractivity contribution is 8.03. The third-order valence-electron chi connectivity index (χ3n) is 5.98. The maximum absolute atomic E-state index is 4.94. The standard InChI is InChI=1S/C12H17NOS.C12H15NS.H2O.H2.H/c1-8-4-5-11-12(9(8)2)10(13-14-3)6-7-15-11;1-8-4-5-11-12(9(8)2)10(13-3)6-7-14-11;;;/h4-7H2,1-3H3;4-5H,6-7H2,1-3H3;1H2;1H;/q;;;;-1/b13-10+;;;;. The average molecular weight is 450 g/mol. The van der Waals surface area contributed by atoms with Crippen molar-refractivity contribution in [3.63, 3.8) is 0 Å². The number of nitrogens with zero attached hydrogens (tertiary/aromatic N) is 2. The largest absolute Gasteiger partial charge is 1.00 e. The molecule has 2 heterocycles. The maximum atomic E-state index is 4.94. The fraction of sp³-hybridized carbons (Fsp3) is 0.500. The van der Waals surface area contributed by atoms with Crippen LogP contribution < -0.4 is 0 Å². The molecule has 0 amide bonds. The van der Waals surface area contributed by atoms with Gasteiger partial charge in [0.25, 0.3) is 0 Å². The monoisotopic (exact) mass is 449 g/mol. The molecule has 0 saturated heterocycles. The Balaban J connectivity index is 0.000000550. The van der Waals surface area contributed by atoms with Crippen LogP contribution >= 0.6 is 23.5 Å². The van der Waals surface area contributed by atoms with E-state index in [1.54, 1.807) is 7.11 Å². The molecule has 0 atom stereocenters. The number of rotatable bonds is 1. The minimum absolute atomic E-state index is 0. The number of hydrogen-bond acceptors (Lipinski definition) is 5. The summed E-state index contributed by atoms with van der Waals surface area (Å²) in [6, 6.07) is 4.44. The molecule has 3 aliphatic rings. The van der Waals surface area contributed by atoms with Crippen LogP contribution in [0, 0.1) is 13.8 Å². The van der Waals surface area contributed by atoms with Gasteiger partial charge in [0, 0.05) is 48.1 Å². The van der Waals surface area contributed by atoms with Crippen LogP contribution in [0.2, 0.25) is 0 Å². The number of hydrogen-bond donors (Lipinski definition) is 0. The lowest BCUT2D eigenvalue weighted by Gasteiger charge is -2.27. The van der Waals surface area contributed by atoms with Crippen LogP contribution in [-0.2, 0) is 4.84 Å². The summed E-state index contributed by atoms with van der Waals surface area (Å²) < 4.78 is 0. The molecular weight excluding hydrogens is 412 g/mol. The van der Waals surface area contributed by atoms with Crippen molar-refractivity contribution < 1.29 is 13.2 Å². The summed E-state index contributed by atoms with van der Waals surface area (Å²) in [4.78, 5) is 12.2. The summed E-state index contributed by atoms with van der Waals surface area (Å²) in [5, 5.41) is 4.16. The summed E-state index contributed by atoms with van der Waals surface area (Å²) in [7, 11) is 3.53. The van der Waals surface area contributed by atoms with E-state index in [2.05, 4.69) is 50.0 Å². The number of fused-ring (bicyclic) bond motifs is 1. The molecule has 4 rings (SSSR count). The second-order valence-corrected chi connectivity index (χ2v) is 10.00. The smallest absolute Gasteiger partial charge is 0.106 e. The summed E-state index contributed by atoms with van der Waals surface area (Å²) in [6.45, 7) is 8.80. The predicted octanol–water partition coefficient (Wildman–Crippen LogP) is 6.26. The minimum atomic E-state index is 0. The first kappa shape index (κ1) is 24.8. The first-order valence-electron chi connectivity index (χ1n) is 10.3. The maximum Gasteiger partial charge on any atom is 0.106 e. The topological polar surface area (TPSA) is 65.5 Å². The van der Waals surface area contributed by atoms with E-state index >= 15 is 0 Å². The van der Waals surface area contributed by atoms with E-state index in [9.17, 15) is 0 Å². The van der Waals surface area contributed by atoms with Crippen molar-refractivity contribution >= 4 is 34.9 Å². The first-order chi connectivity index (χ1) is 14.0. The van der Waals surface area contributed by atoms with E-state index in [0.717, 1.165) is 24.3 Å². The SMILES string of the molecule is CN=C1CCSc2ccc(C)c(C)c21.CO/N=C1\CCSC2=C1C(C)=C(C)CC2.O.[H-].[HH]. The highest BCUT2D eigenvalue weighted by Gasteiger charge is 2.25. The van der Waals surface area contributed by atoms with Crippen molar-refractivity contribution in [1.29, 1.82) is 0 Å². The van der Waals surface area contributed by atoms with Crippen LogP contribution in [-0.4, -0.2) is 42.6 Å². The van der Waals surface area contributed by atoms with E-state index in [1.165, 1.54) is 67.5 Å². The van der Waals surface area contributed by atoms with Crippen LogP contribution in [0.15, 0.2) is 48.8 Å². The van der Waals surface area contributed by atoms with Crippen molar-refractivity contribution in [1.82, 2.24) is 0 Å². The van der Waals surface area contributed by atoms with Crippen LogP contribution in [0.1, 0.15) is 59.1 Å². The highest BCUT2D eigenvalue weighted by atomic mass is 32.2. The van der Waals surface area contributed by atoms with Gasteiger partial charge in [0.1, 0.15) is 7.11 Å². The second kappa shape index (κ2) is 11.2. The summed E-state index contributed by atoms with van der Waals surface area (Å²) in [5.41, 5.74) is 10.9. The molecule has 0 radical (unpaired) electrons. The molecule has 168 valence electrons. The Morgan fingerprint density at radius 1 is 0.967 bits per heavy atom. The molecule has 0 saturated carbocycles. The Kier molecular flexibility index (Phi) is 9.26. The quantitative estimate of drug-likeness (QED) is 0.475. The Bertz CT molecular complexity index is 925. The van der Waals surface area contributed by atoms with E-state index in [-0.39, 0.29) is 8.33 Å². The molecule has 0 fully saturated rings. The van der Waals surface area contributed by atoms with Gasteiger partial charge in [0.2, 0.25) is 0 Å². The minimum Gasteiger partial charge on any atom is -1.00 e. The lowest BCUT2D eigenvalue weighted by molar-refractivity contribution is 0.213. The summed E-state index contributed by atoms with van der Waals surface area (Å²) in [5.74, 6) is 2.32. The van der Waals surface area contributed by atoms with E-state index in [4.69, 9.17) is 4.84 Å². The molecule has 1 aromatic rings. The molecule has 2 aliphatic heterocycles. The fourth-order valence-corrected chi connectivity index (χ4v) is 6.33. The molecular formula is C24H37N2O2S2-. The number of thioether (sulfide) groups is 2. The van der Waals surface area contributed by atoms with E-state index < -0.39 is 0 Å². The van der Waals surface area contributed by atoms with Gasteiger partial charge < -0.3 is 11.7 Å². The Labute approximate surface area is 192 Å². The van der Waals surface area contributed by atoms with Crippen molar-refractivity contribution in [2.24, 2.45) is 10.1 Å². The zero-order valence-corrected chi connectivity index (χ0v) is 20.6. The number of oxime groups is 1. The van der Waals surface area contributed by atoms with Crippen molar-refractivity contribution in [2.45, 2.75) is 58.3 Å². The van der Waals surface area contributed by atoms with Gasteiger partial charge in [-0.05, 0) is 74.6 Å². The third kappa shape index (κ3) is 5.21. The van der Waals surface area contributed by atoms with Gasteiger partial charge in [-0.1, -0.05) is 16.8 Å². The zero-order valence-electron chi connectivity index (χ0n) is 20.0. The van der Waals surface area contributed by atoms with Crippen LogP contribution in [0.25, 0.3) is 0 Å². The molecule has 0 bridgehead atoms. The molecule has 30 heavy (non-hydrogen) atoms. The van der Waals surface area contributed by atoms with Crippen LogP contribution in [0.3, 0.4) is 0 Å². The van der Waals surface area contributed by atoms with Crippen molar-refractivity contribution in [2.75, 3.05) is 25.7 Å². The Morgan fingerprint density at radius 3 is 2.37 bits per heavy atom. The Morgan fingerprint density at radius 2 is 1.67 bits per heavy atom. The van der Waals surface area contributed by atoms with Gasteiger partial charge in [-0.15, -0.1) is 23.5 Å². The molecule has 4 nitrogen and oxygen atoms in total. The van der Waals surface area contributed by atoms with Gasteiger partial charge in [-0.3, -0.25) is 4.99 Å². The van der Waals surface area contributed by atoms with Crippen molar-refractivity contribution in [3.05, 3.63) is 50.4 Å². The lowest BCUT2D eigenvalue weighted by atomic mass is 9.89. The van der Waals surface area contributed by atoms with Gasteiger partial charge in [-0.25, -0.2) is 0 Å². The van der Waals surface area contributed by atoms with Gasteiger partial charge in [0.05, 0.1) is 5.71 Å². The second-order valence-electron chi connectivity index (χ2n) is 7.67. The molecule has 0 aromatic heterocycles. The number of aliphatic imine (C=N–C) groups is 1. The highest BCUT2D eigenvalue weighted by Crippen LogP contribution is 2.40. The summed E-state index contributed by atoms with van der Waals surface area (Å²) in [6.07, 6.45) is 4.53. The first-order valence-corrected chi connectivity index (χ1v) is 12.3. The number of allylic oxidation sites excluding steroid dienone is 4. The third-order valence-corrected chi connectivity index (χ3v) is 8.20. The Hall–Kier alpha value is -1.50. The molecule has 1 aromatic carbocycles. The van der Waals surface area contributed by atoms with E-state index in [1.807, 2.05) is 30.6 Å². The van der Waals surface area contributed by atoms with E-state index in [0.29, 0.717) is 0 Å². The van der Waals surface area contributed by atoms with Gasteiger partial charge in [0.15, 0.2) is 0 Å². The molecule has 0 unspecified atom stereocenters. The molecule has 0 spiro atoms.